The first-order chi connectivity index (χ1) is 20.5. The van der Waals surface area contributed by atoms with E-state index in [4.69, 9.17) is 20.4 Å². The van der Waals surface area contributed by atoms with Crippen LogP contribution in [-0.4, -0.2) is 60.9 Å². The Morgan fingerprint density at radius 3 is 2.74 bits per heavy atom. The van der Waals surface area contributed by atoms with E-state index in [-0.39, 0.29) is 29.2 Å². The second-order valence-corrected chi connectivity index (χ2v) is 10.5. The van der Waals surface area contributed by atoms with Crippen molar-refractivity contribution in [3.8, 4) is 28.6 Å². The Kier molecular flexibility index (Phi) is 6.43. The van der Waals surface area contributed by atoms with Gasteiger partial charge in [-0.25, -0.2) is 19.0 Å². The number of hydrogen-bond donors (Lipinski definition) is 2. The van der Waals surface area contributed by atoms with Gasteiger partial charge in [0.2, 0.25) is 5.91 Å². The quantitative estimate of drug-likeness (QED) is 0.235. The first-order valence-corrected chi connectivity index (χ1v) is 13.9. The number of halogens is 1. The minimum atomic E-state index is -0.471. The number of carbonyl (C=O) groups excluding carboxylic acids is 1. The number of pyridine rings is 1. The van der Waals surface area contributed by atoms with Crippen LogP contribution in [0.15, 0.2) is 79.6 Å². The molecule has 11 heteroatoms. The Morgan fingerprint density at radius 1 is 1.12 bits per heavy atom. The molecule has 1 fully saturated rings. The maximum absolute atomic E-state index is 15.2. The largest absolute Gasteiger partial charge is 0.491 e. The van der Waals surface area contributed by atoms with Gasteiger partial charge in [0.1, 0.15) is 23.7 Å². The average Bonchev–Trinajstić information content (AvgIpc) is 3.76. The van der Waals surface area contributed by atoms with Gasteiger partial charge in [0.15, 0.2) is 17.3 Å². The van der Waals surface area contributed by atoms with Gasteiger partial charge in [0, 0.05) is 48.8 Å². The number of anilines is 1. The summed E-state index contributed by atoms with van der Waals surface area (Å²) < 4.78 is 24.8. The molecule has 10 nitrogen and oxygen atoms in total. The fourth-order valence-corrected chi connectivity index (χ4v) is 5.82. The fraction of sp³-hybridized carbons (Fsp3) is 0.226. The van der Waals surface area contributed by atoms with E-state index in [1.54, 1.807) is 23.0 Å². The van der Waals surface area contributed by atoms with Crippen LogP contribution in [0.25, 0.3) is 34.1 Å². The number of hydrogen-bond acceptors (Lipinski definition) is 7. The first kappa shape index (κ1) is 25.9. The molecule has 5 heterocycles. The summed E-state index contributed by atoms with van der Waals surface area (Å²) in [5.74, 6) is 1.19. The van der Waals surface area contributed by atoms with Gasteiger partial charge in [-0.2, -0.15) is 5.10 Å². The molecular formula is C31H29FN8O2. The Bertz CT molecular complexity index is 1790. The van der Waals surface area contributed by atoms with Crippen LogP contribution < -0.4 is 15.8 Å². The lowest BCUT2D eigenvalue weighted by Gasteiger charge is -2.33. The highest BCUT2D eigenvalue weighted by Gasteiger charge is 2.30. The van der Waals surface area contributed by atoms with Crippen molar-refractivity contribution >= 4 is 22.8 Å². The van der Waals surface area contributed by atoms with E-state index >= 15 is 4.39 Å². The second-order valence-electron chi connectivity index (χ2n) is 10.5. The Morgan fingerprint density at radius 2 is 1.98 bits per heavy atom. The normalized spacial score (nSPS) is 16.9. The molecule has 212 valence electrons. The standard InChI is InChI=1S/C31H29FN8O2/c1-2-28(41)38-15-11-19(12-16-38)35-25-18-42-26-17-20(7-8-21(25)26)40-30-24(9-10-27(37-30)39-14-4-13-34-39)36-31(40)29-22(32)5-3-6-23(29)33/h2-10,13-14,17,19,25,35H,1,11-12,15-16,18,33H2. The molecular weight excluding hydrogens is 535 g/mol. The van der Waals surface area contributed by atoms with Gasteiger partial charge >= 0.3 is 0 Å². The smallest absolute Gasteiger partial charge is 0.245 e. The first-order valence-electron chi connectivity index (χ1n) is 13.9. The number of rotatable bonds is 6. The molecule has 5 aromatic rings. The monoisotopic (exact) mass is 564 g/mol. The zero-order valence-electron chi connectivity index (χ0n) is 22.8. The van der Waals surface area contributed by atoms with Crippen molar-refractivity contribution in [1.29, 1.82) is 0 Å². The summed E-state index contributed by atoms with van der Waals surface area (Å²) in [7, 11) is 0. The Labute approximate surface area is 241 Å². The van der Waals surface area contributed by atoms with E-state index in [1.807, 2.05) is 52.1 Å². The molecule has 2 aliphatic heterocycles. The number of carbonyl (C=O) groups is 1. The van der Waals surface area contributed by atoms with Crippen LogP contribution in [0.4, 0.5) is 10.1 Å². The number of ether oxygens (including phenoxy) is 1. The summed E-state index contributed by atoms with van der Waals surface area (Å²) in [6.45, 7) is 5.48. The second kappa shape index (κ2) is 10.4. The van der Waals surface area contributed by atoms with E-state index in [1.165, 1.54) is 12.1 Å². The van der Waals surface area contributed by atoms with Crippen LogP contribution in [0.5, 0.6) is 5.75 Å². The van der Waals surface area contributed by atoms with Crippen molar-refractivity contribution in [2.45, 2.75) is 24.9 Å². The summed E-state index contributed by atoms with van der Waals surface area (Å²) in [5.41, 5.74) is 9.65. The van der Waals surface area contributed by atoms with Crippen LogP contribution in [0.3, 0.4) is 0 Å². The molecule has 0 radical (unpaired) electrons. The molecule has 1 amide bonds. The third-order valence-corrected chi connectivity index (χ3v) is 7.95. The highest BCUT2D eigenvalue weighted by Crippen LogP contribution is 2.38. The molecule has 42 heavy (non-hydrogen) atoms. The Balaban J connectivity index is 1.25. The molecule has 7 rings (SSSR count). The summed E-state index contributed by atoms with van der Waals surface area (Å²) in [6.07, 6.45) is 6.59. The number of aromatic nitrogens is 5. The number of amides is 1. The lowest BCUT2D eigenvalue weighted by atomic mass is 10.0. The zero-order chi connectivity index (χ0) is 28.8. The van der Waals surface area contributed by atoms with Crippen LogP contribution in [0.1, 0.15) is 24.4 Å². The van der Waals surface area contributed by atoms with Crippen molar-refractivity contribution in [3.63, 3.8) is 0 Å². The molecule has 3 N–H and O–H groups in total. The third-order valence-electron chi connectivity index (χ3n) is 7.95. The highest BCUT2D eigenvalue weighted by atomic mass is 19.1. The minimum absolute atomic E-state index is 0.0199. The van der Waals surface area contributed by atoms with Gasteiger partial charge in [-0.15, -0.1) is 0 Å². The maximum atomic E-state index is 15.2. The number of piperidine rings is 1. The third kappa shape index (κ3) is 4.47. The SMILES string of the molecule is C=CC(=O)N1CCC(NC2COc3cc(-n4c(-c5c(N)cccc5F)nc5ccc(-n6cccn6)nc54)ccc32)CC1. The van der Waals surface area contributed by atoms with Crippen molar-refractivity contribution in [2.24, 2.45) is 0 Å². The highest BCUT2D eigenvalue weighted by molar-refractivity contribution is 5.87. The zero-order valence-corrected chi connectivity index (χ0v) is 22.8. The average molecular weight is 565 g/mol. The molecule has 1 saturated heterocycles. The summed E-state index contributed by atoms with van der Waals surface area (Å²) in [4.78, 5) is 23.4. The molecule has 0 aliphatic carbocycles. The van der Waals surface area contributed by atoms with Crippen LogP contribution in [0, 0.1) is 5.82 Å². The molecule has 3 aromatic heterocycles. The van der Waals surface area contributed by atoms with Crippen molar-refractivity contribution in [1.82, 2.24) is 34.5 Å². The molecule has 2 aliphatic rings. The van der Waals surface area contributed by atoms with Gasteiger partial charge < -0.3 is 20.7 Å². The topological polar surface area (TPSA) is 116 Å². The number of nitrogen functional groups attached to an aromatic ring is 1. The predicted molar refractivity (Wildman–Crippen MR) is 157 cm³/mol. The van der Waals surface area contributed by atoms with E-state index in [9.17, 15) is 4.79 Å². The predicted octanol–water partition coefficient (Wildman–Crippen LogP) is 4.19. The van der Waals surface area contributed by atoms with E-state index in [2.05, 4.69) is 17.0 Å². The Hall–Kier alpha value is -5.03. The minimum Gasteiger partial charge on any atom is -0.491 e. The summed E-state index contributed by atoms with van der Waals surface area (Å²) in [5, 5.41) is 8.02. The van der Waals surface area contributed by atoms with Crippen LogP contribution >= 0.6 is 0 Å². The molecule has 0 bridgehead atoms. The molecule has 0 saturated carbocycles. The number of likely N-dealkylation sites (tertiary alicyclic amines) is 1. The number of fused-ring (bicyclic) bond motifs is 2. The summed E-state index contributed by atoms with van der Waals surface area (Å²) >= 11 is 0. The van der Waals surface area contributed by atoms with Gasteiger partial charge in [-0.05, 0) is 55.3 Å². The molecule has 1 unspecified atom stereocenters. The van der Waals surface area contributed by atoms with Crippen molar-refractivity contribution in [3.05, 3.63) is 91.0 Å². The summed E-state index contributed by atoms with van der Waals surface area (Å²) in [6, 6.07) is 16.3. The van der Waals surface area contributed by atoms with Crippen molar-refractivity contribution in [2.75, 3.05) is 25.4 Å². The van der Waals surface area contributed by atoms with E-state index in [0.29, 0.717) is 42.5 Å². The number of benzene rings is 2. The van der Waals surface area contributed by atoms with Gasteiger partial charge in [-0.3, -0.25) is 9.36 Å². The van der Waals surface area contributed by atoms with E-state index in [0.717, 1.165) is 29.8 Å². The number of nitrogens with one attached hydrogen (secondary N) is 1. The number of imidazole rings is 1. The number of nitrogens with zero attached hydrogens (tertiary/aromatic N) is 6. The van der Waals surface area contributed by atoms with E-state index < -0.39 is 5.82 Å². The lowest BCUT2D eigenvalue weighted by Crippen LogP contribution is -2.45. The molecule has 2 aromatic carbocycles. The molecule has 0 spiro atoms. The fourth-order valence-electron chi connectivity index (χ4n) is 5.82. The van der Waals surface area contributed by atoms with Crippen LogP contribution in [0.2, 0.25) is 0 Å². The van der Waals surface area contributed by atoms with Gasteiger partial charge in [0.25, 0.3) is 0 Å². The number of nitrogens with two attached hydrogens (primary N) is 1. The molecule has 1 atom stereocenters. The lowest BCUT2D eigenvalue weighted by molar-refractivity contribution is -0.127. The maximum Gasteiger partial charge on any atom is 0.245 e. The van der Waals surface area contributed by atoms with Gasteiger partial charge in [-0.1, -0.05) is 18.7 Å². The van der Waals surface area contributed by atoms with Crippen LogP contribution in [-0.2, 0) is 4.79 Å². The van der Waals surface area contributed by atoms with Gasteiger partial charge in [0.05, 0.1) is 17.3 Å². The van der Waals surface area contributed by atoms with Crippen molar-refractivity contribution < 1.29 is 13.9 Å².